The van der Waals surface area contributed by atoms with E-state index in [2.05, 4.69) is 10.6 Å². The van der Waals surface area contributed by atoms with Gasteiger partial charge in [0.05, 0.1) is 30.6 Å². The molecule has 2 amide bonds. The Labute approximate surface area is 213 Å². The van der Waals surface area contributed by atoms with Crippen LogP contribution in [0, 0.1) is 5.92 Å². The van der Waals surface area contributed by atoms with Crippen molar-refractivity contribution in [2.75, 3.05) is 13.2 Å². The van der Waals surface area contributed by atoms with Crippen LogP contribution in [0.2, 0.25) is 0 Å². The molecule has 0 saturated heterocycles. The molecule has 0 fully saturated rings. The van der Waals surface area contributed by atoms with E-state index in [1.54, 1.807) is 20.8 Å². The summed E-state index contributed by atoms with van der Waals surface area (Å²) in [4.78, 5) is 49.5. The van der Waals surface area contributed by atoms with E-state index in [9.17, 15) is 32.3 Å². The molecule has 0 aliphatic heterocycles. The summed E-state index contributed by atoms with van der Waals surface area (Å²) in [7, 11) is 0. The first-order chi connectivity index (χ1) is 16.6. The molecule has 2 atom stereocenters. The monoisotopic (exact) mass is 534 g/mol. The van der Waals surface area contributed by atoms with Gasteiger partial charge < -0.3 is 20.1 Å². The molecule has 0 aliphatic carbocycles. The Hall–Kier alpha value is -2.60. The van der Waals surface area contributed by atoms with Gasteiger partial charge in [-0.15, -0.1) is 0 Å². The number of hydrogen-bond acceptors (Lipinski definition) is 7. The number of carbonyl (C=O) groups excluding carboxylic acids is 4. The molecule has 12 heteroatoms. The minimum Gasteiger partial charge on any atom is -0.464 e. The third kappa shape index (κ3) is 10.2. The molecule has 1 rings (SSSR count). The number of carbonyl (C=O) groups is 4. The highest BCUT2D eigenvalue weighted by Gasteiger charge is 2.36. The number of nitrogens with one attached hydrogen (secondary N) is 2. The van der Waals surface area contributed by atoms with Gasteiger partial charge in [0.15, 0.2) is 11.2 Å². The number of ether oxygens (including phenoxy) is 2. The number of amides is 2. The normalized spacial score (nSPS) is 13.6. The van der Waals surface area contributed by atoms with Crippen LogP contribution in [0.25, 0.3) is 0 Å². The van der Waals surface area contributed by atoms with Crippen LogP contribution >= 0.6 is 11.8 Å². The van der Waals surface area contributed by atoms with Gasteiger partial charge in [-0.05, 0) is 44.4 Å². The zero-order valence-electron chi connectivity index (χ0n) is 21.2. The minimum absolute atomic E-state index is 0.0251. The lowest BCUT2D eigenvalue weighted by Crippen LogP contribution is -2.60. The van der Waals surface area contributed by atoms with E-state index in [0.29, 0.717) is 0 Å². The van der Waals surface area contributed by atoms with Gasteiger partial charge in [-0.25, -0.2) is 4.79 Å². The lowest BCUT2D eigenvalue weighted by atomic mass is 10.0. The number of alkyl halides is 3. The van der Waals surface area contributed by atoms with Crippen molar-refractivity contribution in [2.45, 2.75) is 71.2 Å². The molecular weight excluding hydrogens is 501 g/mol. The van der Waals surface area contributed by atoms with Crippen molar-refractivity contribution in [3.63, 3.8) is 0 Å². The van der Waals surface area contributed by atoms with Gasteiger partial charge in [0.1, 0.15) is 5.54 Å². The number of halogens is 3. The maximum atomic E-state index is 12.9. The van der Waals surface area contributed by atoms with E-state index in [1.807, 2.05) is 0 Å². The summed E-state index contributed by atoms with van der Waals surface area (Å²) >= 11 is 0.858. The van der Waals surface area contributed by atoms with E-state index in [4.69, 9.17) is 9.47 Å². The zero-order chi connectivity index (χ0) is 27.7. The molecule has 36 heavy (non-hydrogen) atoms. The van der Waals surface area contributed by atoms with Gasteiger partial charge in [-0.2, -0.15) is 13.2 Å². The van der Waals surface area contributed by atoms with E-state index in [-0.39, 0.29) is 36.4 Å². The third-order valence-corrected chi connectivity index (χ3v) is 6.19. The number of rotatable bonds is 12. The summed E-state index contributed by atoms with van der Waals surface area (Å²) in [5.41, 5.74) is -2.07. The highest BCUT2D eigenvalue weighted by Crippen LogP contribution is 2.29. The predicted molar refractivity (Wildman–Crippen MR) is 129 cm³/mol. The van der Waals surface area contributed by atoms with Gasteiger partial charge in [0.2, 0.25) is 11.8 Å². The van der Waals surface area contributed by atoms with Crippen molar-refractivity contribution in [1.29, 1.82) is 0 Å². The number of thioether (sulfide) groups is 1. The van der Waals surface area contributed by atoms with Crippen LogP contribution in [0.3, 0.4) is 0 Å². The number of esters is 1. The van der Waals surface area contributed by atoms with Crippen LogP contribution in [-0.4, -0.2) is 52.9 Å². The number of hydrogen-bond donors (Lipinski definition) is 2. The molecule has 0 aromatic heterocycles. The van der Waals surface area contributed by atoms with Crippen LogP contribution in [0.4, 0.5) is 13.2 Å². The van der Waals surface area contributed by atoms with Gasteiger partial charge >= 0.3 is 12.1 Å². The fraction of sp³-hybridized carbons (Fsp3) is 0.583. The predicted octanol–water partition coefficient (Wildman–Crippen LogP) is 3.47. The Balaban J connectivity index is 2.88. The van der Waals surface area contributed by atoms with Crippen molar-refractivity contribution < 1.29 is 41.8 Å². The maximum absolute atomic E-state index is 12.9. The molecule has 0 bridgehead atoms. The summed E-state index contributed by atoms with van der Waals surface area (Å²) in [6.45, 7) is 8.73. The first-order valence-corrected chi connectivity index (χ1v) is 12.2. The SMILES string of the molecule is CCOC(=O)C(COCc1cccc(C(F)(F)F)c1)NC(=O)C(C)(C)NC(=O)C(SC(C)=O)C(C)C. The van der Waals surface area contributed by atoms with E-state index < -0.39 is 46.4 Å². The molecule has 0 spiro atoms. The smallest absolute Gasteiger partial charge is 0.416 e. The molecule has 202 valence electrons. The zero-order valence-corrected chi connectivity index (χ0v) is 22.0. The number of benzene rings is 1. The Kier molecular flexibility index (Phi) is 11.9. The van der Waals surface area contributed by atoms with Crippen LogP contribution in [-0.2, 0) is 41.4 Å². The first kappa shape index (κ1) is 31.4. The van der Waals surface area contributed by atoms with Gasteiger partial charge in [-0.1, -0.05) is 37.7 Å². The molecule has 0 radical (unpaired) electrons. The molecule has 1 aromatic rings. The summed E-state index contributed by atoms with van der Waals surface area (Å²) < 4.78 is 49.1. The van der Waals surface area contributed by atoms with Crippen molar-refractivity contribution in [3.8, 4) is 0 Å². The van der Waals surface area contributed by atoms with Crippen LogP contribution in [0.15, 0.2) is 24.3 Å². The highest BCUT2D eigenvalue weighted by molar-refractivity contribution is 8.14. The van der Waals surface area contributed by atoms with Gasteiger partial charge in [0, 0.05) is 6.92 Å². The second kappa shape index (κ2) is 13.6. The summed E-state index contributed by atoms with van der Waals surface area (Å²) in [5, 5.41) is 4.11. The lowest BCUT2D eigenvalue weighted by molar-refractivity contribution is -0.150. The molecule has 1 aromatic carbocycles. The molecule has 2 N–H and O–H groups in total. The quantitative estimate of drug-likeness (QED) is 0.395. The van der Waals surface area contributed by atoms with E-state index >= 15 is 0 Å². The molecule has 8 nitrogen and oxygen atoms in total. The van der Waals surface area contributed by atoms with Crippen molar-refractivity contribution >= 4 is 34.7 Å². The highest BCUT2D eigenvalue weighted by atomic mass is 32.2. The van der Waals surface area contributed by atoms with Crippen LogP contribution < -0.4 is 10.6 Å². The van der Waals surface area contributed by atoms with Gasteiger partial charge in [0.25, 0.3) is 0 Å². The van der Waals surface area contributed by atoms with Crippen LogP contribution in [0.5, 0.6) is 0 Å². The first-order valence-electron chi connectivity index (χ1n) is 11.3. The average molecular weight is 535 g/mol. The second-order valence-electron chi connectivity index (χ2n) is 8.88. The maximum Gasteiger partial charge on any atom is 0.416 e. The fourth-order valence-electron chi connectivity index (χ4n) is 2.99. The van der Waals surface area contributed by atoms with Crippen molar-refractivity contribution in [2.24, 2.45) is 5.92 Å². The van der Waals surface area contributed by atoms with Crippen LogP contribution in [0.1, 0.15) is 52.7 Å². The van der Waals surface area contributed by atoms with E-state index in [0.717, 1.165) is 23.9 Å². The van der Waals surface area contributed by atoms with Gasteiger partial charge in [-0.3, -0.25) is 14.4 Å². The Morgan fingerprint density at radius 2 is 1.75 bits per heavy atom. The minimum atomic E-state index is -4.51. The Morgan fingerprint density at radius 3 is 2.28 bits per heavy atom. The topological polar surface area (TPSA) is 111 Å². The largest absolute Gasteiger partial charge is 0.464 e. The molecule has 0 aliphatic rings. The Morgan fingerprint density at radius 1 is 1.11 bits per heavy atom. The third-order valence-electron chi connectivity index (χ3n) is 4.84. The average Bonchev–Trinajstić information content (AvgIpc) is 2.75. The summed E-state index contributed by atoms with van der Waals surface area (Å²) in [5.74, 6) is -2.22. The fourth-order valence-corrected chi connectivity index (χ4v) is 3.78. The second-order valence-corrected chi connectivity index (χ2v) is 10.2. The summed E-state index contributed by atoms with van der Waals surface area (Å²) in [6, 6.07) is 3.27. The lowest BCUT2D eigenvalue weighted by Gasteiger charge is -2.30. The summed E-state index contributed by atoms with van der Waals surface area (Å²) in [6.07, 6.45) is -4.51. The molecular formula is C24H33F3N2O6S. The molecule has 2 unspecified atom stereocenters. The standard InChI is InChI=1S/C24H33F3N2O6S/c1-7-35-21(32)18(13-34-12-16-9-8-10-17(11-16)24(25,26)27)28-22(33)23(5,6)29-20(31)19(14(2)3)36-15(4)30/h8-11,14,18-19H,7,12-13H2,1-6H3,(H,28,33)(H,29,31). The molecule has 0 heterocycles. The van der Waals surface area contributed by atoms with Crippen molar-refractivity contribution in [1.82, 2.24) is 10.6 Å². The molecule has 0 saturated carbocycles. The van der Waals surface area contributed by atoms with Crippen molar-refractivity contribution in [3.05, 3.63) is 35.4 Å². The van der Waals surface area contributed by atoms with E-state index in [1.165, 1.54) is 32.9 Å². The Bertz CT molecular complexity index is 937.